The molecule has 3 aromatic rings. The number of rotatable bonds is 2. The van der Waals surface area contributed by atoms with Crippen molar-refractivity contribution < 1.29 is 0 Å². The summed E-state index contributed by atoms with van der Waals surface area (Å²) >= 11 is 15.9. The molecule has 21 heavy (non-hydrogen) atoms. The molecule has 0 fully saturated rings. The number of fused-ring (bicyclic) bond motifs is 1. The van der Waals surface area contributed by atoms with Crippen molar-refractivity contribution in [3.63, 3.8) is 0 Å². The molecule has 0 aliphatic rings. The normalized spacial score (nSPS) is 12.8. The minimum atomic E-state index is -0.511. The van der Waals surface area contributed by atoms with Crippen LogP contribution < -0.4 is 11.4 Å². The smallest absolute Gasteiger partial charge is 0.320 e. The third kappa shape index (κ3) is 2.62. The summed E-state index contributed by atoms with van der Waals surface area (Å²) in [4.78, 5) is 16.8. The van der Waals surface area contributed by atoms with Gasteiger partial charge in [-0.25, -0.2) is 4.79 Å². The summed E-state index contributed by atoms with van der Waals surface area (Å²) in [6.45, 7) is 0. The standard InChI is InChI=1S/C14H10BrCl2N3O/c15-7-5-11-10(19-14(21)20-11)4-6(7)13(18)12-8(16)2-1-3-9(12)17/h1-5,13H,18H2,(H2,19,20,21). The molecule has 4 N–H and O–H groups in total. The fraction of sp³-hybridized carbons (Fsp3) is 0.0714. The zero-order valence-electron chi connectivity index (χ0n) is 10.6. The van der Waals surface area contributed by atoms with Crippen LogP contribution in [0.1, 0.15) is 17.2 Å². The molecule has 0 spiro atoms. The predicted octanol–water partition coefficient (Wildman–Crippen LogP) is 3.97. The van der Waals surface area contributed by atoms with Gasteiger partial charge in [-0.15, -0.1) is 0 Å². The molecule has 7 heteroatoms. The summed E-state index contributed by atoms with van der Waals surface area (Å²) in [6.07, 6.45) is 0. The van der Waals surface area contributed by atoms with E-state index in [4.69, 9.17) is 28.9 Å². The molecule has 0 aliphatic carbocycles. The molecule has 4 nitrogen and oxygen atoms in total. The highest BCUT2D eigenvalue weighted by molar-refractivity contribution is 9.10. The van der Waals surface area contributed by atoms with Crippen molar-refractivity contribution >= 4 is 50.2 Å². The topological polar surface area (TPSA) is 74.7 Å². The molecule has 3 rings (SSSR count). The molecule has 1 aromatic heterocycles. The van der Waals surface area contributed by atoms with E-state index in [9.17, 15) is 4.79 Å². The number of benzene rings is 2. The van der Waals surface area contributed by atoms with Gasteiger partial charge in [-0.05, 0) is 29.8 Å². The monoisotopic (exact) mass is 385 g/mol. The first-order valence-electron chi connectivity index (χ1n) is 6.08. The molecule has 0 bridgehead atoms. The van der Waals surface area contributed by atoms with Crippen molar-refractivity contribution in [2.75, 3.05) is 0 Å². The lowest BCUT2D eigenvalue weighted by molar-refractivity contribution is 0.868. The van der Waals surface area contributed by atoms with Gasteiger partial charge in [0.25, 0.3) is 0 Å². The molecule has 1 unspecified atom stereocenters. The van der Waals surface area contributed by atoms with Crippen molar-refractivity contribution in [1.82, 2.24) is 9.97 Å². The molecule has 1 heterocycles. The average molecular weight is 387 g/mol. The number of aromatic amines is 2. The van der Waals surface area contributed by atoms with E-state index in [1.54, 1.807) is 24.3 Å². The Kier molecular flexibility index (Phi) is 3.84. The van der Waals surface area contributed by atoms with Gasteiger partial charge in [-0.3, -0.25) is 0 Å². The maximum atomic E-state index is 11.4. The molecule has 0 saturated heterocycles. The number of imidazole rings is 1. The predicted molar refractivity (Wildman–Crippen MR) is 89.1 cm³/mol. The van der Waals surface area contributed by atoms with Crippen molar-refractivity contribution in [2.24, 2.45) is 5.73 Å². The zero-order chi connectivity index (χ0) is 15.1. The Bertz CT molecular complexity index is 867. The van der Waals surface area contributed by atoms with Crippen LogP contribution in [0.25, 0.3) is 11.0 Å². The second-order valence-corrected chi connectivity index (χ2v) is 6.28. The van der Waals surface area contributed by atoms with Crippen molar-refractivity contribution in [3.8, 4) is 0 Å². The molecule has 1 atom stereocenters. The van der Waals surface area contributed by atoms with E-state index < -0.39 is 6.04 Å². The van der Waals surface area contributed by atoms with Crippen LogP contribution >= 0.6 is 39.1 Å². The Morgan fingerprint density at radius 1 is 1.10 bits per heavy atom. The Morgan fingerprint density at radius 3 is 2.29 bits per heavy atom. The number of halogens is 3. The van der Waals surface area contributed by atoms with Crippen LogP contribution in [-0.2, 0) is 0 Å². The summed E-state index contributed by atoms with van der Waals surface area (Å²) < 4.78 is 0.772. The van der Waals surface area contributed by atoms with Crippen LogP contribution in [0.4, 0.5) is 0 Å². The van der Waals surface area contributed by atoms with E-state index >= 15 is 0 Å². The summed E-state index contributed by atoms with van der Waals surface area (Å²) in [6, 6.07) is 8.35. The molecule has 0 aliphatic heterocycles. The Labute approximate surface area is 138 Å². The van der Waals surface area contributed by atoms with Crippen LogP contribution in [0.2, 0.25) is 10.0 Å². The highest BCUT2D eigenvalue weighted by atomic mass is 79.9. The van der Waals surface area contributed by atoms with E-state index in [0.29, 0.717) is 26.6 Å². The number of aromatic nitrogens is 2. The van der Waals surface area contributed by atoms with E-state index in [1.807, 2.05) is 6.07 Å². The minimum absolute atomic E-state index is 0.265. The first-order chi connectivity index (χ1) is 9.97. The Hall–Kier alpha value is -1.27. The summed E-state index contributed by atoms with van der Waals surface area (Å²) in [5.74, 6) is 0. The van der Waals surface area contributed by atoms with E-state index in [2.05, 4.69) is 25.9 Å². The van der Waals surface area contributed by atoms with Gasteiger partial charge < -0.3 is 15.7 Å². The van der Waals surface area contributed by atoms with Crippen LogP contribution in [0.15, 0.2) is 39.6 Å². The molecule has 0 saturated carbocycles. The van der Waals surface area contributed by atoms with Crippen LogP contribution in [-0.4, -0.2) is 9.97 Å². The van der Waals surface area contributed by atoms with E-state index in [1.165, 1.54) is 0 Å². The van der Waals surface area contributed by atoms with Crippen LogP contribution in [0.3, 0.4) is 0 Å². The van der Waals surface area contributed by atoms with Gasteiger partial charge in [-0.2, -0.15) is 0 Å². The molecule has 108 valence electrons. The largest absolute Gasteiger partial charge is 0.323 e. The molecule has 2 aromatic carbocycles. The maximum Gasteiger partial charge on any atom is 0.323 e. The Balaban J connectivity index is 2.19. The minimum Gasteiger partial charge on any atom is -0.320 e. The molecular formula is C14H10BrCl2N3O. The molecular weight excluding hydrogens is 377 g/mol. The fourth-order valence-electron chi connectivity index (χ4n) is 2.27. The maximum absolute atomic E-state index is 11.4. The molecule has 0 amide bonds. The van der Waals surface area contributed by atoms with Crippen molar-refractivity contribution in [2.45, 2.75) is 6.04 Å². The quantitative estimate of drug-likeness (QED) is 0.623. The fourth-order valence-corrected chi connectivity index (χ4v) is 3.50. The zero-order valence-corrected chi connectivity index (χ0v) is 13.7. The Morgan fingerprint density at radius 2 is 1.67 bits per heavy atom. The van der Waals surface area contributed by atoms with Crippen molar-refractivity contribution in [1.29, 1.82) is 0 Å². The summed E-state index contributed by atoms with van der Waals surface area (Å²) in [5.41, 5.74) is 8.87. The van der Waals surface area contributed by atoms with Gasteiger partial charge in [0.1, 0.15) is 0 Å². The number of nitrogens with two attached hydrogens (primary N) is 1. The van der Waals surface area contributed by atoms with Gasteiger partial charge in [0, 0.05) is 20.1 Å². The lowest BCUT2D eigenvalue weighted by Crippen LogP contribution is -2.13. The number of nitrogens with one attached hydrogen (secondary N) is 2. The van der Waals surface area contributed by atoms with Crippen molar-refractivity contribution in [3.05, 3.63) is 66.5 Å². The van der Waals surface area contributed by atoms with Gasteiger partial charge in [0.2, 0.25) is 0 Å². The van der Waals surface area contributed by atoms with E-state index in [-0.39, 0.29) is 5.69 Å². The summed E-state index contributed by atoms with van der Waals surface area (Å²) in [7, 11) is 0. The van der Waals surface area contributed by atoms with Crippen LogP contribution in [0.5, 0.6) is 0 Å². The number of hydrogen-bond acceptors (Lipinski definition) is 2. The lowest BCUT2D eigenvalue weighted by Gasteiger charge is -2.17. The lowest BCUT2D eigenvalue weighted by atomic mass is 9.99. The highest BCUT2D eigenvalue weighted by Crippen LogP contribution is 2.36. The van der Waals surface area contributed by atoms with Gasteiger partial charge in [0.05, 0.1) is 17.1 Å². The first kappa shape index (κ1) is 14.7. The second kappa shape index (κ2) is 5.50. The van der Waals surface area contributed by atoms with E-state index in [0.717, 1.165) is 10.0 Å². The molecule has 0 radical (unpaired) electrons. The van der Waals surface area contributed by atoms with Gasteiger partial charge >= 0.3 is 5.69 Å². The third-order valence-corrected chi connectivity index (χ3v) is 4.62. The number of hydrogen-bond donors (Lipinski definition) is 3. The van der Waals surface area contributed by atoms with Crippen LogP contribution in [0, 0.1) is 0 Å². The second-order valence-electron chi connectivity index (χ2n) is 4.61. The average Bonchev–Trinajstić information content (AvgIpc) is 2.76. The van der Waals surface area contributed by atoms with Gasteiger partial charge in [0.15, 0.2) is 0 Å². The first-order valence-corrected chi connectivity index (χ1v) is 7.63. The highest BCUT2D eigenvalue weighted by Gasteiger charge is 2.19. The SMILES string of the molecule is NC(c1cc2[nH]c(=O)[nH]c2cc1Br)c1c(Cl)cccc1Cl. The van der Waals surface area contributed by atoms with Gasteiger partial charge in [-0.1, -0.05) is 45.2 Å². The third-order valence-electron chi connectivity index (χ3n) is 3.28. The summed E-state index contributed by atoms with van der Waals surface area (Å²) in [5, 5.41) is 1.01. The number of H-pyrrole nitrogens is 2.